The molecule has 0 saturated carbocycles. The fourth-order valence-corrected chi connectivity index (χ4v) is 3.05. The standard InChI is InChI=1S/C26H28N2O4/c1-5-31-25-15-21(11-13-23(25)32-17-20-9-6-18(2)7-10-20)16-27-28-26(29)22-12-8-19(3)14-24(22)30-4/h6-16H,5,17H2,1-4H3,(H,28,29)/b27-16-. The lowest BCUT2D eigenvalue weighted by atomic mass is 10.1. The molecule has 32 heavy (non-hydrogen) atoms. The number of nitrogens with one attached hydrogen (secondary N) is 1. The van der Waals surface area contributed by atoms with Gasteiger partial charge in [-0.25, -0.2) is 5.43 Å². The molecular weight excluding hydrogens is 404 g/mol. The van der Waals surface area contributed by atoms with Crippen LogP contribution in [0, 0.1) is 13.8 Å². The van der Waals surface area contributed by atoms with E-state index in [2.05, 4.69) is 29.6 Å². The van der Waals surface area contributed by atoms with Crippen molar-refractivity contribution in [3.8, 4) is 17.2 Å². The number of carbonyl (C=O) groups is 1. The van der Waals surface area contributed by atoms with E-state index >= 15 is 0 Å². The fraction of sp³-hybridized carbons (Fsp3) is 0.231. The van der Waals surface area contributed by atoms with Gasteiger partial charge >= 0.3 is 0 Å². The number of hydrogen-bond donors (Lipinski definition) is 1. The molecule has 0 bridgehead atoms. The second-order valence-electron chi connectivity index (χ2n) is 7.32. The molecule has 1 N–H and O–H groups in total. The molecule has 0 heterocycles. The van der Waals surface area contributed by atoms with Gasteiger partial charge < -0.3 is 14.2 Å². The van der Waals surface area contributed by atoms with Gasteiger partial charge in [-0.2, -0.15) is 5.10 Å². The summed E-state index contributed by atoms with van der Waals surface area (Å²) in [5.74, 6) is 1.43. The van der Waals surface area contributed by atoms with Crippen molar-refractivity contribution >= 4 is 12.1 Å². The Morgan fingerprint density at radius 1 is 0.906 bits per heavy atom. The third-order valence-electron chi connectivity index (χ3n) is 4.76. The summed E-state index contributed by atoms with van der Waals surface area (Å²) in [6.07, 6.45) is 1.56. The first-order valence-electron chi connectivity index (χ1n) is 10.4. The van der Waals surface area contributed by atoms with Crippen LogP contribution in [0.5, 0.6) is 17.2 Å². The third kappa shape index (κ3) is 6.11. The van der Waals surface area contributed by atoms with Gasteiger partial charge in [0.25, 0.3) is 5.91 Å². The van der Waals surface area contributed by atoms with Crippen molar-refractivity contribution in [2.75, 3.05) is 13.7 Å². The Bertz CT molecular complexity index is 1090. The Morgan fingerprint density at radius 2 is 1.66 bits per heavy atom. The highest BCUT2D eigenvalue weighted by molar-refractivity contribution is 5.97. The molecule has 0 atom stereocenters. The predicted octanol–water partition coefficient (Wildman–Crippen LogP) is 5.05. The van der Waals surface area contributed by atoms with Crippen LogP contribution in [-0.4, -0.2) is 25.8 Å². The number of benzene rings is 3. The summed E-state index contributed by atoms with van der Waals surface area (Å²) < 4.78 is 17.0. The minimum atomic E-state index is -0.346. The molecule has 0 saturated heterocycles. The SMILES string of the molecule is CCOc1cc(/C=N\NC(=O)c2ccc(C)cc2OC)ccc1OCc1ccc(C)cc1. The van der Waals surface area contributed by atoms with Crippen LogP contribution in [0.3, 0.4) is 0 Å². The molecule has 6 heteroatoms. The molecule has 3 aromatic rings. The van der Waals surface area contributed by atoms with Crippen molar-refractivity contribution in [1.29, 1.82) is 0 Å². The van der Waals surface area contributed by atoms with Crippen LogP contribution in [0.25, 0.3) is 0 Å². The highest BCUT2D eigenvalue weighted by Gasteiger charge is 2.11. The first-order chi connectivity index (χ1) is 15.5. The van der Waals surface area contributed by atoms with Crippen molar-refractivity contribution < 1.29 is 19.0 Å². The van der Waals surface area contributed by atoms with Gasteiger partial charge in [-0.05, 0) is 67.8 Å². The Kier molecular flexibility index (Phi) is 7.86. The first kappa shape index (κ1) is 22.9. The summed E-state index contributed by atoms with van der Waals surface area (Å²) in [5.41, 5.74) is 7.03. The van der Waals surface area contributed by atoms with Crippen molar-refractivity contribution in [3.63, 3.8) is 0 Å². The summed E-state index contributed by atoms with van der Waals surface area (Å²) in [5, 5.41) is 4.07. The smallest absolute Gasteiger partial charge is 0.275 e. The van der Waals surface area contributed by atoms with Crippen LogP contribution in [-0.2, 0) is 6.61 Å². The monoisotopic (exact) mass is 432 g/mol. The van der Waals surface area contributed by atoms with Gasteiger partial charge in [0.1, 0.15) is 12.4 Å². The normalized spacial score (nSPS) is 10.8. The zero-order valence-corrected chi connectivity index (χ0v) is 18.8. The van der Waals surface area contributed by atoms with E-state index in [1.165, 1.54) is 12.7 Å². The first-order valence-corrected chi connectivity index (χ1v) is 10.4. The maximum absolute atomic E-state index is 12.4. The molecule has 0 aliphatic rings. The number of amides is 1. The summed E-state index contributed by atoms with van der Waals surface area (Å²) in [4.78, 5) is 12.4. The van der Waals surface area contributed by atoms with E-state index in [0.717, 1.165) is 16.7 Å². The Labute approximate surface area is 188 Å². The van der Waals surface area contributed by atoms with Gasteiger partial charge in [0.2, 0.25) is 0 Å². The molecular formula is C26H28N2O4. The summed E-state index contributed by atoms with van der Waals surface area (Å²) in [6.45, 7) is 6.86. The lowest BCUT2D eigenvalue weighted by Gasteiger charge is -2.13. The molecule has 3 rings (SSSR count). The van der Waals surface area contributed by atoms with Crippen LogP contribution in [0.15, 0.2) is 65.8 Å². The second kappa shape index (κ2) is 11.0. The lowest BCUT2D eigenvalue weighted by molar-refractivity contribution is 0.0952. The summed E-state index contributed by atoms with van der Waals surface area (Å²) in [7, 11) is 1.53. The maximum Gasteiger partial charge on any atom is 0.275 e. The average Bonchev–Trinajstić information content (AvgIpc) is 2.79. The number of ether oxygens (including phenoxy) is 3. The van der Waals surface area contributed by atoms with Crippen molar-refractivity contribution in [2.45, 2.75) is 27.4 Å². The predicted molar refractivity (Wildman–Crippen MR) is 126 cm³/mol. The molecule has 6 nitrogen and oxygen atoms in total. The minimum absolute atomic E-state index is 0.346. The Morgan fingerprint density at radius 3 is 2.38 bits per heavy atom. The van der Waals surface area contributed by atoms with E-state index in [1.54, 1.807) is 12.3 Å². The molecule has 0 radical (unpaired) electrons. The van der Waals surface area contributed by atoms with E-state index in [1.807, 2.05) is 56.3 Å². The zero-order valence-electron chi connectivity index (χ0n) is 18.8. The largest absolute Gasteiger partial charge is 0.496 e. The Balaban J connectivity index is 1.67. The minimum Gasteiger partial charge on any atom is -0.496 e. The van der Waals surface area contributed by atoms with Crippen LogP contribution in [0.2, 0.25) is 0 Å². The Hall–Kier alpha value is -3.80. The van der Waals surface area contributed by atoms with Crippen molar-refractivity contribution in [1.82, 2.24) is 5.43 Å². The molecule has 0 unspecified atom stereocenters. The van der Waals surface area contributed by atoms with Gasteiger partial charge in [-0.15, -0.1) is 0 Å². The van der Waals surface area contributed by atoms with E-state index in [4.69, 9.17) is 14.2 Å². The van der Waals surface area contributed by atoms with E-state index in [0.29, 0.717) is 36.0 Å². The molecule has 166 valence electrons. The number of hydrogen-bond acceptors (Lipinski definition) is 5. The van der Waals surface area contributed by atoms with E-state index in [9.17, 15) is 4.79 Å². The fourth-order valence-electron chi connectivity index (χ4n) is 3.05. The van der Waals surface area contributed by atoms with Crippen molar-refractivity contribution in [2.24, 2.45) is 5.10 Å². The van der Waals surface area contributed by atoms with Crippen LogP contribution in [0.4, 0.5) is 0 Å². The third-order valence-corrected chi connectivity index (χ3v) is 4.76. The van der Waals surface area contributed by atoms with E-state index in [-0.39, 0.29) is 5.91 Å². The van der Waals surface area contributed by atoms with Crippen LogP contribution < -0.4 is 19.6 Å². The van der Waals surface area contributed by atoms with Gasteiger partial charge in [0, 0.05) is 0 Å². The molecule has 1 amide bonds. The zero-order chi connectivity index (χ0) is 22.9. The van der Waals surface area contributed by atoms with Gasteiger partial charge in [0.05, 0.1) is 25.5 Å². The van der Waals surface area contributed by atoms with E-state index < -0.39 is 0 Å². The molecule has 0 aromatic heterocycles. The lowest BCUT2D eigenvalue weighted by Crippen LogP contribution is -2.18. The number of hydrazone groups is 1. The van der Waals surface area contributed by atoms with Crippen molar-refractivity contribution in [3.05, 3.63) is 88.5 Å². The second-order valence-corrected chi connectivity index (χ2v) is 7.32. The summed E-state index contributed by atoms with van der Waals surface area (Å²) >= 11 is 0. The quantitative estimate of drug-likeness (QED) is 0.379. The molecule has 3 aromatic carbocycles. The number of nitrogens with zero attached hydrogens (tertiary/aromatic N) is 1. The maximum atomic E-state index is 12.4. The molecule has 0 fully saturated rings. The number of aryl methyl sites for hydroxylation is 2. The average molecular weight is 433 g/mol. The number of methoxy groups -OCH3 is 1. The highest BCUT2D eigenvalue weighted by Crippen LogP contribution is 2.29. The molecule has 0 aliphatic heterocycles. The highest BCUT2D eigenvalue weighted by atomic mass is 16.5. The van der Waals surface area contributed by atoms with Gasteiger partial charge in [0.15, 0.2) is 11.5 Å². The van der Waals surface area contributed by atoms with Crippen LogP contribution in [0.1, 0.15) is 39.5 Å². The number of carbonyl (C=O) groups excluding carboxylic acids is 1. The number of rotatable bonds is 9. The summed E-state index contributed by atoms with van der Waals surface area (Å²) in [6, 6.07) is 19.1. The van der Waals surface area contributed by atoms with Gasteiger partial charge in [-0.3, -0.25) is 4.79 Å². The van der Waals surface area contributed by atoms with Crippen LogP contribution >= 0.6 is 0 Å². The topological polar surface area (TPSA) is 69.2 Å². The molecule has 0 spiro atoms. The van der Waals surface area contributed by atoms with Gasteiger partial charge in [-0.1, -0.05) is 35.9 Å². The molecule has 0 aliphatic carbocycles.